The average molecular weight is 264 g/mol. The number of fused-ring (bicyclic) bond motifs is 2. The van der Waals surface area contributed by atoms with Crippen molar-refractivity contribution in [3.05, 3.63) is 70.3 Å². The Balaban J connectivity index is 2.03. The number of methoxy groups -OCH3 is 1. The van der Waals surface area contributed by atoms with Gasteiger partial charge in [0, 0.05) is 17.7 Å². The van der Waals surface area contributed by atoms with Gasteiger partial charge in [-0.3, -0.25) is 4.79 Å². The second-order valence-electron chi connectivity index (χ2n) is 5.14. The summed E-state index contributed by atoms with van der Waals surface area (Å²) in [7, 11) is 1.64. The van der Waals surface area contributed by atoms with Crippen LogP contribution >= 0.6 is 0 Å². The van der Waals surface area contributed by atoms with Gasteiger partial charge in [0.2, 0.25) is 0 Å². The minimum absolute atomic E-state index is 0.0863. The van der Waals surface area contributed by atoms with Crippen LogP contribution in [0, 0.1) is 6.04 Å². The van der Waals surface area contributed by atoms with Crippen molar-refractivity contribution in [1.82, 2.24) is 5.32 Å². The Hall–Kier alpha value is -2.13. The van der Waals surface area contributed by atoms with E-state index in [0.29, 0.717) is 0 Å². The molecule has 0 bridgehead atoms. The highest BCUT2D eigenvalue weighted by molar-refractivity contribution is 6.14. The van der Waals surface area contributed by atoms with E-state index >= 15 is 0 Å². The summed E-state index contributed by atoms with van der Waals surface area (Å²) >= 11 is 0. The molecule has 0 unspecified atom stereocenters. The van der Waals surface area contributed by atoms with Crippen LogP contribution in [0.4, 0.5) is 0 Å². The van der Waals surface area contributed by atoms with E-state index in [4.69, 9.17) is 4.74 Å². The van der Waals surface area contributed by atoms with Crippen LogP contribution in [0.1, 0.15) is 32.6 Å². The first-order valence-corrected chi connectivity index (χ1v) is 6.76. The molecule has 1 radical (unpaired) electrons. The minimum Gasteiger partial charge on any atom is -0.497 e. The molecule has 0 saturated carbocycles. The first-order chi connectivity index (χ1) is 9.79. The topological polar surface area (TPSA) is 38.3 Å². The molecule has 0 atom stereocenters. The molecule has 0 aromatic heterocycles. The van der Waals surface area contributed by atoms with E-state index in [-0.39, 0.29) is 5.78 Å². The highest BCUT2D eigenvalue weighted by Crippen LogP contribution is 2.40. The van der Waals surface area contributed by atoms with Crippen LogP contribution in [0.15, 0.2) is 36.4 Å². The molecule has 2 aromatic carbocycles. The Morgan fingerprint density at radius 2 is 1.90 bits per heavy atom. The van der Waals surface area contributed by atoms with Crippen molar-refractivity contribution in [3.8, 4) is 5.75 Å². The van der Waals surface area contributed by atoms with Gasteiger partial charge in [-0.25, -0.2) is 0 Å². The molecule has 0 amide bonds. The van der Waals surface area contributed by atoms with E-state index in [1.807, 2.05) is 36.4 Å². The van der Waals surface area contributed by atoms with E-state index in [2.05, 4.69) is 5.32 Å². The Labute approximate surface area is 117 Å². The van der Waals surface area contributed by atoms with Gasteiger partial charge < -0.3 is 10.1 Å². The van der Waals surface area contributed by atoms with E-state index in [1.54, 1.807) is 7.11 Å². The molecule has 0 saturated heterocycles. The van der Waals surface area contributed by atoms with Gasteiger partial charge in [0.15, 0.2) is 5.78 Å². The van der Waals surface area contributed by atoms with Gasteiger partial charge in [-0.2, -0.15) is 0 Å². The second-order valence-corrected chi connectivity index (χ2v) is 5.14. The fourth-order valence-electron chi connectivity index (χ4n) is 3.15. The number of hydrogen-bond acceptors (Lipinski definition) is 3. The van der Waals surface area contributed by atoms with E-state index in [9.17, 15) is 4.79 Å². The summed E-state index contributed by atoms with van der Waals surface area (Å²) in [5, 5.41) is 3.45. The van der Waals surface area contributed by atoms with Gasteiger partial charge in [-0.05, 0) is 35.2 Å². The summed E-state index contributed by atoms with van der Waals surface area (Å²) in [5.74, 6) is 0.843. The van der Waals surface area contributed by atoms with Crippen molar-refractivity contribution in [2.75, 3.05) is 13.7 Å². The minimum atomic E-state index is 0.0863. The van der Waals surface area contributed by atoms with Crippen molar-refractivity contribution < 1.29 is 9.53 Å². The second kappa shape index (κ2) is 4.18. The van der Waals surface area contributed by atoms with Crippen LogP contribution in [0.5, 0.6) is 5.75 Å². The molecule has 2 aromatic rings. The summed E-state index contributed by atoms with van der Waals surface area (Å²) in [5.41, 5.74) is 4.77. The van der Waals surface area contributed by atoms with Gasteiger partial charge in [0.05, 0.1) is 13.2 Å². The molecule has 0 spiro atoms. The summed E-state index contributed by atoms with van der Waals surface area (Å²) in [4.78, 5) is 12.7. The lowest BCUT2D eigenvalue weighted by molar-refractivity contribution is 0.103. The van der Waals surface area contributed by atoms with Crippen LogP contribution in [-0.4, -0.2) is 19.4 Å². The van der Waals surface area contributed by atoms with Crippen molar-refractivity contribution in [3.63, 3.8) is 0 Å². The fraction of sp³-hybridized carbons (Fsp3) is 0.176. The summed E-state index contributed by atoms with van der Waals surface area (Å²) in [6.45, 7) is 0.886. The summed E-state index contributed by atoms with van der Waals surface area (Å²) in [6.07, 6.45) is 0.915. The molecule has 20 heavy (non-hydrogen) atoms. The van der Waals surface area contributed by atoms with E-state index in [0.717, 1.165) is 47.0 Å². The highest BCUT2D eigenvalue weighted by Gasteiger charge is 2.35. The molecule has 1 N–H and O–H groups in total. The molecule has 1 heterocycles. The number of ketones is 1. The Morgan fingerprint density at radius 1 is 1.10 bits per heavy atom. The lowest BCUT2D eigenvalue weighted by Gasteiger charge is -2.33. The predicted octanol–water partition coefficient (Wildman–Crippen LogP) is 2.31. The van der Waals surface area contributed by atoms with Crippen LogP contribution in [0.25, 0.3) is 0 Å². The number of benzene rings is 2. The van der Waals surface area contributed by atoms with E-state index < -0.39 is 0 Å². The van der Waals surface area contributed by atoms with E-state index in [1.165, 1.54) is 5.56 Å². The van der Waals surface area contributed by atoms with Gasteiger partial charge in [-0.15, -0.1) is 0 Å². The molecule has 99 valence electrons. The number of ether oxygens (including phenoxy) is 1. The Kier molecular flexibility index (Phi) is 2.44. The number of hydrogen-bond donors (Lipinski definition) is 1. The maximum absolute atomic E-state index is 12.7. The van der Waals surface area contributed by atoms with Crippen LogP contribution < -0.4 is 10.1 Å². The zero-order valence-electron chi connectivity index (χ0n) is 11.2. The molecule has 3 nitrogen and oxygen atoms in total. The van der Waals surface area contributed by atoms with Crippen molar-refractivity contribution >= 4 is 5.78 Å². The van der Waals surface area contributed by atoms with Crippen molar-refractivity contribution in [1.29, 1.82) is 0 Å². The first kappa shape index (κ1) is 11.7. The third-order valence-electron chi connectivity index (χ3n) is 4.06. The zero-order chi connectivity index (χ0) is 13.7. The number of nitrogens with one attached hydrogen (secondary N) is 1. The van der Waals surface area contributed by atoms with Crippen LogP contribution in [0.2, 0.25) is 0 Å². The van der Waals surface area contributed by atoms with Gasteiger partial charge in [0.1, 0.15) is 5.75 Å². The maximum Gasteiger partial charge on any atom is 0.193 e. The standard InChI is InChI=1S/C17H14NO2/c1-20-11-8-10-6-7-18-16-12-4-2-3-5-13(12)17(19)14(9-11)15(10)16/h2-5,8-9,18H,6-7H2,1H3. The lowest BCUT2D eigenvalue weighted by Crippen LogP contribution is -2.36. The average Bonchev–Trinajstić information content (AvgIpc) is 2.51. The normalized spacial score (nSPS) is 16.6. The van der Waals surface area contributed by atoms with Crippen molar-refractivity contribution in [2.24, 2.45) is 0 Å². The SMILES string of the molecule is COc1cc2c3c(c1)C(=O)c1ccccc1[C]3NCC2. The third-order valence-corrected chi connectivity index (χ3v) is 4.06. The molecule has 1 aliphatic carbocycles. The largest absolute Gasteiger partial charge is 0.497 e. The van der Waals surface area contributed by atoms with Gasteiger partial charge >= 0.3 is 0 Å². The molecular formula is C17H14NO2. The smallest absolute Gasteiger partial charge is 0.193 e. The molecular weight excluding hydrogens is 250 g/mol. The van der Waals surface area contributed by atoms with Crippen molar-refractivity contribution in [2.45, 2.75) is 6.42 Å². The predicted molar refractivity (Wildman–Crippen MR) is 76.0 cm³/mol. The fourth-order valence-corrected chi connectivity index (χ4v) is 3.15. The number of carbonyl (C=O) groups excluding carboxylic acids is 1. The quantitative estimate of drug-likeness (QED) is 0.859. The third kappa shape index (κ3) is 1.47. The molecule has 1 aliphatic heterocycles. The maximum atomic E-state index is 12.7. The summed E-state index contributed by atoms with van der Waals surface area (Å²) in [6, 6.07) is 12.8. The molecule has 3 heteroatoms. The Bertz CT molecular complexity index is 721. The molecule has 0 fully saturated rings. The monoisotopic (exact) mass is 264 g/mol. The number of carbonyl (C=O) groups is 1. The molecule has 2 aliphatic rings. The van der Waals surface area contributed by atoms with Gasteiger partial charge in [-0.1, -0.05) is 24.3 Å². The Morgan fingerprint density at radius 3 is 2.70 bits per heavy atom. The highest BCUT2D eigenvalue weighted by atomic mass is 16.5. The number of rotatable bonds is 1. The molecule has 4 rings (SSSR count). The van der Waals surface area contributed by atoms with Gasteiger partial charge in [0.25, 0.3) is 0 Å². The summed E-state index contributed by atoms with van der Waals surface area (Å²) < 4.78 is 5.34. The first-order valence-electron chi connectivity index (χ1n) is 6.76. The lowest BCUT2D eigenvalue weighted by atomic mass is 9.77. The zero-order valence-corrected chi connectivity index (χ0v) is 11.2. The van der Waals surface area contributed by atoms with Crippen LogP contribution in [-0.2, 0) is 6.42 Å². The van der Waals surface area contributed by atoms with Crippen LogP contribution in [0.3, 0.4) is 0 Å².